The van der Waals surface area contributed by atoms with E-state index in [4.69, 9.17) is 5.73 Å². The van der Waals surface area contributed by atoms with E-state index in [1.807, 2.05) is 0 Å². The molecule has 3 aliphatic rings. The molecule has 0 aromatic heterocycles. The fourth-order valence-corrected chi connectivity index (χ4v) is 6.18. The standard InChI is InChI=1S/C27H32N4O10/c1-30(2)14-8-12(26(39)29-9-15(32)41-5)20(33)17-11(14)6-10-7-13-19(31(3)4)22(35)18(25(28)38)24(37)27(13,40)23(36)16(10)21(17)34/h8,10,13,19,33-34,37,40H,6-7,9H2,1-5H3,(H2,28,38)(H,29,39)/t10-,13-,19-,27-/m0/s1. The first kappa shape index (κ1) is 29.6. The molecular weight excluding hydrogens is 540 g/mol. The van der Waals surface area contributed by atoms with Gasteiger partial charge in [-0.3, -0.25) is 28.9 Å². The van der Waals surface area contributed by atoms with E-state index in [0.29, 0.717) is 11.3 Å². The minimum absolute atomic E-state index is 0.0552. The molecule has 0 radical (unpaired) electrons. The highest BCUT2D eigenvalue weighted by atomic mass is 16.5. The average Bonchev–Trinajstić information content (AvgIpc) is 2.88. The van der Waals surface area contributed by atoms with Crippen LogP contribution in [0, 0.1) is 11.8 Å². The zero-order valence-corrected chi connectivity index (χ0v) is 23.1. The minimum Gasteiger partial charge on any atom is -0.508 e. The lowest BCUT2D eigenvalue weighted by Gasteiger charge is -2.50. The molecule has 0 spiro atoms. The first-order valence-corrected chi connectivity index (χ1v) is 12.6. The first-order valence-electron chi connectivity index (χ1n) is 12.6. The van der Waals surface area contributed by atoms with E-state index in [1.165, 1.54) is 25.1 Å². The van der Waals surface area contributed by atoms with Crippen LogP contribution >= 0.6 is 0 Å². The van der Waals surface area contributed by atoms with Gasteiger partial charge in [0.1, 0.15) is 29.4 Å². The second kappa shape index (κ2) is 10.2. The van der Waals surface area contributed by atoms with Gasteiger partial charge in [0, 0.05) is 31.3 Å². The van der Waals surface area contributed by atoms with Gasteiger partial charge < -0.3 is 41.1 Å². The van der Waals surface area contributed by atoms with Crippen molar-refractivity contribution < 1.29 is 49.1 Å². The molecule has 220 valence electrons. The zero-order chi connectivity index (χ0) is 30.7. The van der Waals surface area contributed by atoms with Crippen molar-refractivity contribution in [2.45, 2.75) is 24.5 Å². The van der Waals surface area contributed by atoms with E-state index in [2.05, 4.69) is 10.1 Å². The monoisotopic (exact) mass is 572 g/mol. The number of Topliss-reactive ketones (excluding diaryl/α,β-unsaturated/α-hetero) is 2. The topological polar surface area (TPSA) is 220 Å². The Bertz CT molecular complexity index is 1460. The summed E-state index contributed by atoms with van der Waals surface area (Å²) in [6.07, 6.45) is -0.0135. The largest absolute Gasteiger partial charge is 0.508 e. The number of fused-ring (bicyclic) bond motifs is 3. The number of carbonyl (C=O) groups excluding carboxylic acids is 5. The highest BCUT2D eigenvalue weighted by Crippen LogP contribution is 2.54. The Hall–Kier alpha value is -4.43. The van der Waals surface area contributed by atoms with Crippen molar-refractivity contribution in [1.82, 2.24) is 10.2 Å². The number of amides is 2. The zero-order valence-electron chi connectivity index (χ0n) is 23.1. The van der Waals surface area contributed by atoms with Gasteiger partial charge in [-0.25, -0.2) is 0 Å². The normalized spacial score (nSPS) is 25.4. The number of anilines is 1. The number of primary amides is 1. The number of benzene rings is 1. The van der Waals surface area contributed by atoms with E-state index in [1.54, 1.807) is 19.0 Å². The minimum atomic E-state index is -2.78. The summed E-state index contributed by atoms with van der Waals surface area (Å²) in [7, 11) is 7.50. The van der Waals surface area contributed by atoms with Crippen molar-refractivity contribution in [2.75, 3.05) is 46.7 Å². The maximum atomic E-state index is 14.0. The third kappa shape index (κ3) is 4.30. The van der Waals surface area contributed by atoms with Crippen LogP contribution in [-0.2, 0) is 30.3 Å². The van der Waals surface area contributed by atoms with E-state index in [9.17, 15) is 44.4 Å². The van der Waals surface area contributed by atoms with E-state index in [-0.39, 0.29) is 29.5 Å². The van der Waals surface area contributed by atoms with Crippen LogP contribution in [0.4, 0.5) is 5.69 Å². The molecule has 3 aliphatic carbocycles. The van der Waals surface area contributed by atoms with Crippen molar-refractivity contribution in [3.8, 4) is 5.75 Å². The molecule has 41 heavy (non-hydrogen) atoms. The molecule has 1 aromatic carbocycles. The summed E-state index contributed by atoms with van der Waals surface area (Å²) in [5.74, 6) is -9.52. The SMILES string of the molecule is COC(=O)CNC(=O)c1cc(N(C)C)c2c(c1O)C(O)=C1C(=O)[C@]3(O)C(O)=C(C(N)=O)C(=O)[C@@H](N(C)C)[C@@H]3C[C@@H]1C2. The number of ether oxygens (including phenoxy) is 1. The third-order valence-corrected chi connectivity index (χ3v) is 8.04. The summed E-state index contributed by atoms with van der Waals surface area (Å²) < 4.78 is 4.51. The number of carbonyl (C=O) groups is 5. The second-order valence-corrected chi connectivity index (χ2v) is 10.8. The van der Waals surface area contributed by atoms with Gasteiger partial charge in [0.2, 0.25) is 5.78 Å². The second-order valence-electron chi connectivity index (χ2n) is 10.8. The highest BCUT2D eigenvalue weighted by Gasteiger charge is 2.64. The summed E-state index contributed by atoms with van der Waals surface area (Å²) in [4.78, 5) is 66.8. The lowest BCUT2D eigenvalue weighted by Crippen LogP contribution is -2.65. The summed E-state index contributed by atoms with van der Waals surface area (Å²) in [6.45, 7) is -0.495. The van der Waals surface area contributed by atoms with Crippen LogP contribution < -0.4 is 16.0 Å². The van der Waals surface area contributed by atoms with Crippen LogP contribution in [0.5, 0.6) is 5.75 Å². The van der Waals surface area contributed by atoms with E-state index < -0.39 is 82.2 Å². The summed E-state index contributed by atoms with van der Waals surface area (Å²) >= 11 is 0. The number of ketones is 2. The van der Waals surface area contributed by atoms with Gasteiger partial charge >= 0.3 is 5.97 Å². The Morgan fingerprint density at radius 1 is 1.15 bits per heavy atom. The fraction of sp³-hybridized carbons (Fsp3) is 0.444. The number of hydrogen-bond acceptors (Lipinski definition) is 12. The van der Waals surface area contributed by atoms with E-state index >= 15 is 0 Å². The molecule has 0 aliphatic heterocycles. The number of aromatic hydroxyl groups is 1. The Labute approximate surface area is 234 Å². The van der Waals surface area contributed by atoms with Crippen molar-refractivity contribution in [3.63, 3.8) is 0 Å². The molecule has 14 nitrogen and oxygen atoms in total. The molecule has 0 saturated heterocycles. The quantitative estimate of drug-likeness (QED) is 0.177. The predicted octanol–water partition coefficient (Wildman–Crippen LogP) is -1.07. The molecule has 4 rings (SSSR count). The Morgan fingerprint density at radius 3 is 2.32 bits per heavy atom. The fourth-order valence-electron chi connectivity index (χ4n) is 6.18. The van der Waals surface area contributed by atoms with Gasteiger partial charge in [-0.2, -0.15) is 0 Å². The summed E-state index contributed by atoms with van der Waals surface area (Å²) in [6, 6.07) is 0.176. The molecule has 0 unspecified atom stereocenters. The van der Waals surface area contributed by atoms with Crippen LogP contribution in [0.1, 0.15) is 27.9 Å². The number of methoxy groups -OCH3 is 1. The van der Waals surface area contributed by atoms with Gasteiger partial charge in [0.05, 0.1) is 24.3 Å². The summed E-state index contributed by atoms with van der Waals surface area (Å²) in [5, 5.41) is 47.6. The van der Waals surface area contributed by atoms with Crippen molar-refractivity contribution in [2.24, 2.45) is 17.6 Å². The maximum Gasteiger partial charge on any atom is 0.325 e. The predicted molar refractivity (Wildman–Crippen MR) is 143 cm³/mol. The average molecular weight is 573 g/mol. The van der Waals surface area contributed by atoms with Gasteiger partial charge in [-0.05, 0) is 44.5 Å². The van der Waals surface area contributed by atoms with Crippen LogP contribution in [0.15, 0.2) is 23.0 Å². The number of nitrogens with one attached hydrogen (secondary N) is 1. The molecule has 1 saturated carbocycles. The van der Waals surface area contributed by atoms with Gasteiger partial charge in [-0.15, -0.1) is 0 Å². The smallest absolute Gasteiger partial charge is 0.325 e. The summed E-state index contributed by atoms with van der Waals surface area (Å²) in [5.41, 5.74) is 1.57. The molecule has 4 atom stereocenters. The number of aliphatic hydroxyl groups is 3. The van der Waals surface area contributed by atoms with E-state index in [0.717, 1.165) is 7.11 Å². The van der Waals surface area contributed by atoms with Gasteiger partial charge in [0.25, 0.3) is 11.8 Å². The maximum absolute atomic E-state index is 14.0. The Balaban J connectivity index is 1.94. The number of aliphatic hydroxyl groups excluding tert-OH is 2. The number of rotatable bonds is 6. The lowest BCUT2D eigenvalue weighted by atomic mass is 9.57. The Kier molecular flexibility index (Phi) is 7.35. The number of esters is 1. The van der Waals surface area contributed by atoms with Crippen molar-refractivity contribution in [3.05, 3.63) is 39.7 Å². The molecule has 0 bridgehead atoms. The van der Waals surface area contributed by atoms with Crippen LogP contribution in [0.2, 0.25) is 0 Å². The molecule has 1 aromatic rings. The number of likely N-dealkylation sites (N-methyl/N-ethyl adjacent to an activating group) is 1. The van der Waals surface area contributed by atoms with Crippen LogP contribution in [0.3, 0.4) is 0 Å². The van der Waals surface area contributed by atoms with Crippen LogP contribution in [-0.4, -0.2) is 108 Å². The van der Waals surface area contributed by atoms with Crippen LogP contribution in [0.25, 0.3) is 5.76 Å². The number of phenolic OH excluding ortho intramolecular Hbond substituents is 1. The third-order valence-electron chi connectivity index (χ3n) is 8.04. The molecule has 0 heterocycles. The van der Waals surface area contributed by atoms with Crippen molar-refractivity contribution in [1.29, 1.82) is 0 Å². The lowest BCUT2D eigenvalue weighted by molar-refractivity contribution is -0.153. The molecule has 1 fully saturated rings. The Morgan fingerprint density at radius 2 is 1.78 bits per heavy atom. The number of nitrogens with zero attached hydrogens (tertiary/aromatic N) is 2. The molecule has 14 heteroatoms. The van der Waals surface area contributed by atoms with Gasteiger partial charge in [0.15, 0.2) is 11.4 Å². The molecule has 2 amide bonds. The highest BCUT2D eigenvalue weighted by molar-refractivity contribution is 6.24. The molecule has 7 N–H and O–H groups in total. The number of phenols is 1. The number of hydrogen-bond donors (Lipinski definition) is 6. The number of nitrogens with two attached hydrogens (primary N) is 1. The first-order chi connectivity index (χ1) is 19.1. The molecular formula is C27H32N4O10. The van der Waals surface area contributed by atoms with Crippen molar-refractivity contribution >= 4 is 40.8 Å². The van der Waals surface area contributed by atoms with Gasteiger partial charge in [-0.1, -0.05) is 0 Å².